The predicted octanol–water partition coefficient (Wildman–Crippen LogP) is 1.33. The minimum absolute atomic E-state index is 0.138. The Morgan fingerprint density at radius 2 is 2.14 bits per heavy atom. The first kappa shape index (κ1) is 10.8. The molecule has 1 aromatic carbocycles. The second-order valence-electron chi connectivity index (χ2n) is 3.03. The second-order valence-corrected chi connectivity index (χ2v) is 3.47. The molecular weight excluding hydrogens is 202 g/mol. The summed E-state index contributed by atoms with van der Waals surface area (Å²) in [6.07, 6.45) is 0. The zero-order chi connectivity index (χ0) is 10.7. The third kappa shape index (κ3) is 2.16. The number of amides is 1. The molecular formula is C9H12ClN3O. The Balaban J connectivity index is 3.17. The standard InChI is InChI=1S/C9H12ClN3O/c1-13(2)9(14)7-5-6(10)3-4-8(7)12-11/h3-5,12H,11H2,1-2H3. The number of hydrazine groups is 1. The first-order chi connectivity index (χ1) is 6.56. The van der Waals surface area contributed by atoms with Crippen molar-refractivity contribution in [3.8, 4) is 0 Å². The maximum absolute atomic E-state index is 11.6. The summed E-state index contributed by atoms with van der Waals surface area (Å²) in [6, 6.07) is 4.92. The molecule has 0 heterocycles. The zero-order valence-corrected chi connectivity index (χ0v) is 8.80. The minimum Gasteiger partial charge on any atom is -0.345 e. The number of nitrogens with zero attached hydrogens (tertiary/aromatic N) is 1. The van der Waals surface area contributed by atoms with E-state index in [9.17, 15) is 4.79 Å². The molecule has 76 valence electrons. The van der Waals surface area contributed by atoms with Crippen LogP contribution in [0.2, 0.25) is 5.02 Å². The van der Waals surface area contributed by atoms with Crippen molar-refractivity contribution in [3.63, 3.8) is 0 Å². The summed E-state index contributed by atoms with van der Waals surface area (Å²) in [5.74, 6) is 5.14. The third-order valence-electron chi connectivity index (χ3n) is 1.77. The lowest BCUT2D eigenvalue weighted by Crippen LogP contribution is -2.23. The van der Waals surface area contributed by atoms with Gasteiger partial charge in [0.15, 0.2) is 0 Å². The molecule has 0 saturated heterocycles. The van der Waals surface area contributed by atoms with E-state index in [2.05, 4.69) is 5.43 Å². The van der Waals surface area contributed by atoms with Gasteiger partial charge in [0.2, 0.25) is 0 Å². The van der Waals surface area contributed by atoms with Crippen LogP contribution in [0.15, 0.2) is 18.2 Å². The van der Waals surface area contributed by atoms with Gasteiger partial charge in [-0.1, -0.05) is 11.6 Å². The Hall–Kier alpha value is -1.26. The number of rotatable bonds is 2. The van der Waals surface area contributed by atoms with Crippen molar-refractivity contribution in [1.29, 1.82) is 0 Å². The molecule has 5 heteroatoms. The number of nitrogen functional groups attached to an aromatic ring is 1. The molecule has 3 N–H and O–H groups in total. The molecule has 1 rings (SSSR count). The Morgan fingerprint density at radius 3 is 2.64 bits per heavy atom. The summed E-state index contributed by atoms with van der Waals surface area (Å²) in [5.41, 5.74) is 3.48. The first-order valence-electron chi connectivity index (χ1n) is 4.04. The number of benzene rings is 1. The number of nitrogens with one attached hydrogen (secondary N) is 1. The van der Waals surface area contributed by atoms with E-state index in [1.54, 1.807) is 32.3 Å². The van der Waals surface area contributed by atoms with Crippen LogP contribution in [0.1, 0.15) is 10.4 Å². The van der Waals surface area contributed by atoms with E-state index in [0.29, 0.717) is 16.3 Å². The van der Waals surface area contributed by atoms with Crippen molar-refractivity contribution in [2.45, 2.75) is 0 Å². The maximum Gasteiger partial charge on any atom is 0.255 e. The van der Waals surface area contributed by atoms with Crippen molar-refractivity contribution in [1.82, 2.24) is 4.90 Å². The number of hydrogen-bond acceptors (Lipinski definition) is 3. The third-order valence-corrected chi connectivity index (χ3v) is 2.01. The smallest absolute Gasteiger partial charge is 0.255 e. The molecule has 0 aliphatic heterocycles. The van der Waals surface area contributed by atoms with E-state index in [1.807, 2.05) is 0 Å². The molecule has 0 aliphatic carbocycles. The largest absolute Gasteiger partial charge is 0.345 e. The Labute approximate surface area is 87.6 Å². The number of carbonyl (C=O) groups excluding carboxylic acids is 1. The lowest BCUT2D eigenvalue weighted by Gasteiger charge is -2.13. The molecule has 0 aromatic heterocycles. The van der Waals surface area contributed by atoms with Crippen LogP contribution in [-0.2, 0) is 0 Å². The number of carbonyl (C=O) groups is 1. The fourth-order valence-corrected chi connectivity index (χ4v) is 1.23. The van der Waals surface area contributed by atoms with E-state index >= 15 is 0 Å². The van der Waals surface area contributed by atoms with Crippen LogP contribution in [0.5, 0.6) is 0 Å². The molecule has 0 aliphatic rings. The highest BCUT2D eigenvalue weighted by atomic mass is 35.5. The van der Waals surface area contributed by atoms with E-state index in [-0.39, 0.29) is 5.91 Å². The predicted molar refractivity (Wildman–Crippen MR) is 57.3 cm³/mol. The maximum atomic E-state index is 11.6. The molecule has 1 aromatic rings. The van der Waals surface area contributed by atoms with Crippen LogP contribution < -0.4 is 11.3 Å². The monoisotopic (exact) mass is 213 g/mol. The van der Waals surface area contributed by atoms with Crippen LogP contribution in [0.4, 0.5) is 5.69 Å². The summed E-state index contributed by atoms with van der Waals surface area (Å²) in [4.78, 5) is 13.1. The van der Waals surface area contributed by atoms with Crippen LogP contribution in [0, 0.1) is 0 Å². The minimum atomic E-state index is -0.138. The number of nitrogens with two attached hydrogens (primary N) is 1. The quantitative estimate of drug-likeness (QED) is 0.576. The fraction of sp³-hybridized carbons (Fsp3) is 0.222. The number of anilines is 1. The molecule has 0 radical (unpaired) electrons. The Bertz CT molecular complexity index is 352. The molecule has 4 nitrogen and oxygen atoms in total. The van der Waals surface area contributed by atoms with E-state index in [1.165, 1.54) is 4.90 Å². The van der Waals surface area contributed by atoms with Gasteiger partial charge < -0.3 is 10.3 Å². The van der Waals surface area contributed by atoms with E-state index in [4.69, 9.17) is 17.4 Å². The van der Waals surface area contributed by atoms with E-state index < -0.39 is 0 Å². The van der Waals surface area contributed by atoms with Gasteiger partial charge in [-0.3, -0.25) is 10.6 Å². The van der Waals surface area contributed by atoms with Crippen LogP contribution in [0.3, 0.4) is 0 Å². The van der Waals surface area contributed by atoms with Gasteiger partial charge in [-0.25, -0.2) is 0 Å². The van der Waals surface area contributed by atoms with Gasteiger partial charge in [0, 0.05) is 19.1 Å². The van der Waals surface area contributed by atoms with Crippen molar-refractivity contribution in [2.75, 3.05) is 19.5 Å². The van der Waals surface area contributed by atoms with Crippen molar-refractivity contribution in [3.05, 3.63) is 28.8 Å². The molecule has 0 atom stereocenters. The molecule has 0 fully saturated rings. The average molecular weight is 214 g/mol. The second kappa shape index (κ2) is 4.30. The van der Waals surface area contributed by atoms with Gasteiger partial charge in [-0.05, 0) is 18.2 Å². The number of hydrogen-bond donors (Lipinski definition) is 2. The van der Waals surface area contributed by atoms with Gasteiger partial charge in [-0.2, -0.15) is 0 Å². The lowest BCUT2D eigenvalue weighted by atomic mass is 10.1. The zero-order valence-electron chi connectivity index (χ0n) is 8.04. The summed E-state index contributed by atoms with van der Waals surface area (Å²) in [5, 5.41) is 0.509. The Morgan fingerprint density at radius 1 is 1.50 bits per heavy atom. The molecule has 14 heavy (non-hydrogen) atoms. The van der Waals surface area contributed by atoms with Gasteiger partial charge in [-0.15, -0.1) is 0 Å². The van der Waals surface area contributed by atoms with Gasteiger partial charge >= 0.3 is 0 Å². The van der Waals surface area contributed by atoms with Crippen LogP contribution in [0.25, 0.3) is 0 Å². The summed E-state index contributed by atoms with van der Waals surface area (Å²) in [6.45, 7) is 0. The molecule has 1 amide bonds. The average Bonchev–Trinajstić information content (AvgIpc) is 2.16. The fourth-order valence-electron chi connectivity index (χ4n) is 1.06. The van der Waals surface area contributed by atoms with Gasteiger partial charge in [0.1, 0.15) is 0 Å². The van der Waals surface area contributed by atoms with E-state index in [0.717, 1.165) is 0 Å². The number of halogens is 1. The highest BCUT2D eigenvalue weighted by Crippen LogP contribution is 2.20. The van der Waals surface area contributed by atoms with Crippen LogP contribution in [-0.4, -0.2) is 24.9 Å². The molecule has 0 spiro atoms. The van der Waals surface area contributed by atoms with Gasteiger partial charge in [0.25, 0.3) is 5.91 Å². The molecule has 0 unspecified atom stereocenters. The highest BCUT2D eigenvalue weighted by Gasteiger charge is 2.12. The van der Waals surface area contributed by atoms with Crippen LogP contribution >= 0.6 is 11.6 Å². The van der Waals surface area contributed by atoms with Crippen molar-refractivity contribution < 1.29 is 4.79 Å². The summed E-state index contributed by atoms with van der Waals surface area (Å²) >= 11 is 5.78. The van der Waals surface area contributed by atoms with Crippen molar-refractivity contribution in [2.24, 2.45) is 5.84 Å². The summed E-state index contributed by atoms with van der Waals surface area (Å²) < 4.78 is 0. The SMILES string of the molecule is CN(C)C(=O)c1cc(Cl)ccc1NN. The first-order valence-corrected chi connectivity index (χ1v) is 4.42. The topological polar surface area (TPSA) is 58.4 Å². The normalized spacial score (nSPS) is 9.71. The molecule has 0 saturated carbocycles. The van der Waals surface area contributed by atoms with Crippen molar-refractivity contribution >= 4 is 23.2 Å². The lowest BCUT2D eigenvalue weighted by molar-refractivity contribution is 0.0828. The molecule has 0 bridgehead atoms. The highest BCUT2D eigenvalue weighted by molar-refractivity contribution is 6.31. The Kier molecular flexibility index (Phi) is 3.33. The van der Waals surface area contributed by atoms with Gasteiger partial charge in [0.05, 0.1) is 11.3 Å². The summed E-state index contributed by atoms with van der Waals surface area (Å²) in [7, 11) is 3.34.